The lowest BCUT2D eigenvalue weighted by molar-refractivity contribution is -0.387. The second-order valence-corrected chi connectivity index (χ2v) is 7.82. The van der Waals surface area contributed by atoms with Crippen molar-refractivity contribution < 1.29 is 14.4 Å². The highest BCUT2D eigenvalue weighted by Crippen LogP contribution is 2.40. The van der Waals surface area contributed by atoms with Crippen molar-refractivity contribution in [2.24, 2.45) is 0 Å². The van der Waals surface area contributed by atoms with Crippen molar-refractivity contribution in [2.75, 3.05) is 0 Å². The zero-order valence-electron chi connectivity index (χ0n) is 16.7. The van der Waals surface area contributed by atoms with Gasteiger partial charge in [-0.05, 0) is 41.8 Å². The van der Waals surface area contributed by atoms with Gasteiger partial charge in [0.2, 0.25) is 0 Å². The first-order valence-corrected chi connectivity index (χ1v) is 10.2. The van der Waals surface area contributed by atoms with Gasteiger partial charge in [0, 0.05) is 16.1 Å². The van der Waals surface area contributed by atoms with Gasteiger partial charge in [0.15, 0.2) is 5.75 Å². The van der Waals surface area contributed by atoms with Crippen molar-refractivity contribution in [3.63, 3.8) is 0 Å². The summed E-state index contributed by atoms with van der Waals surface area (Å²) in [6.07, 6.45) is 2.78. The fourth-order valence-electron chi connectivity index (χ4n) is 2.98. The number of fused-ring (bicyclic) bond motifs is 1. The van der Waals surface area contributed by atoms with Crippen LogP contribution < -0.4 is 9.47 Å². The number of nitro groups is 1. The highest BCUT2D eigenvalue weighted by atomic mass is 79.9. The summed E-state index contributed by atoms with van der Waals surface area (Å²) in [6, 6.07) is 14.4. The van der Waals surface area contributed by atoms with Gasteiger partial charge in [-0.3, -0.25) is 15.1 Å². The van der Waals surface area contributed by atoms with Gasteiger partial charge in [0.1, 0.15) is 17.6 Å². The minimum atomic E-state index is -0.623. The summed E-state index contributed by atoms with van der Waals surface area (Å²) in [5.74, 6) is 0.669. The lowest BCUT2D eigenvalue weighted by Gasteiger charge is -2.11. The van der Waals surface area contributed by atoms with E-state index in [1.807, 2.05) is 18.2 Å². The average Bonchev–Trinajstić information content (AvgIpc) is 2.76. The predicted molar refractivity (Wildman–Crippen MR) is 119 cm³/mol. The molecule has 0 aliphatic carbocycles. The molecule has 2 aromatic carbocycles. The Morgan fingerprint density at radius 1 is 0.968 bits per heavy atom. The maximum absolute atomic E-state index is 11.8. The number of nitrogens with zero attached hydrogens (tertiary/aromatic N) is 4. The first kappa shape index (κ1) is 20.7. The number of pyridine rings is 1. The molecule has 0 bridgehead atoms. The number of benzene rings is 2. The van der Waals surface area contributed by atoms with E-state index >= 15 is 0 Å². The van der Waals surface area contributed by atoms with Crippen molar-refractivity contribution in [1.82, 2.24) is 15.0 Å². The number of ether oxygens (including phenoxy) is 2. The quantitative estimate of drug-likeness (QED) is 0.232. The predicted octanol–water partition coefficient (Wildman–Crippen LogP) is 6.40. The Hall–Kier alpha value is -3.59. The second kappa shape index (κ2) is 8.65. The van der Waals surface area contributed by atoms with Crippen LogP contribution in [0, 0.1) is 10.1 Å². The first-order valence-electron chi connectivity index (χ1n) is 9.42. The summed E-state index contributed by atoms with van der Waals surface area (Å²) in [5.41, 5.74) is 1.20. The standard InChI is InChI=1S/C22H17BrN4O4/c1-13(2)14-5-7-15(8-6-14)30-21-20(27(28)29)22(26-12-25-21)31-18-10-9-17(23)16-4-3-11-24-19(16)18/h3-13H,1-2H3. The molecule has 2 heterocycles. The van der Waals surface area contributed by atoms with Crippen molar-refractivity contribution in [3.8, 4) is 23.3 Å². The molecule has 0 amide bonds. The molecule has 4 rings (SSSR count). The van der Waals surface area contributed by atoms with E-state index in [4.69, 9.17) is 9.47 Å². The Morgan fingerprint density at radius 2 is 1.68 bits per heavy atom. The third-order valence-corrected chi connectivity index (χ3v) is 5.28. The maximum Gasteiger partial charge on any atom is 0.393 e. The highest BCUT2D eigenvalue weighted by molar-refractivity contribution is 9.10. The highest BCUT2D eigenvalue weighted by Gasteiger charge is 2.27. The van der Waals surface area contributed by atoms with E-state index in [1.165, 1.54) is 0 Å². The van der Waals surface area contributed by atoms with E-state index in [1.54, 1.807) is 36.5 Å². The summed E-state index contributed by atoms with van der Waals surface area (Å²) >= 11 is 3.47. The molecule has 31 heavy (non-hydrogen) atoms. The van der Waals surface area contributed by atoms with Crippen LogP contribution in [0.5, 0.6) is 23.3 Å². The summed E-state index contributed by atoms with van der Waals surface area (Å²) in [6.45, 7) is 4.16. The minimum Gasteiger partial charge on any atom is -0.433 e. The van der Waals surface area contributed by atoms with Gasteiger partial charge in [0.25, 0.3) is 0 Å². The Kier molecular flexibility index (Phi) is 5.77. The molecular weight excluding hydrogens is 464 g/mol. The molecule has 0 aliphatic rings. The fourth-order valence-corrected chi connectivity index (χ4v) is 3.44. The van der Waals surface area contributed by atoms with Crippen LogP contribution in [0.1, 0.15) is 25.3 Å². The van der Waals surface area contributed by atoms with Gasteiger partial charge >= 0.3 is 17.4 Å². The lowest BCUT2D eigenvalue weighted by Crippen LogP contribution is -2.01. The largest absolute Gasteiger partial charge is 0.433 e. The molecule has 0 spiro atoms. The third kappa shape index (κ3) is 4.31. The lowest BCUT2D eigenvalue weighted by atomic mass is 10.0. The molecule has 0 N–H and O–H groups in total. The van der Waals surface area contributed by atoms with Crippen LogP contribution in [-0.4, -0.2) is 19.9 Å². The monoisotopic (exact) mass is 480 g/mol. The summed E-state index contributed by atoms with van der Waals surface area (Å²) in [7, 11) is 0. The molecule has 156 valence electrons. The molecule has 2 aromatic heterocycles. The average molecular weight is 481 g/mol. The van der Waals surface area contributed by atoms with Crippen LogP contribution in [0.3, 0.4) is 0 Å². The van der Waals surface area contributed by atoms with Crippen molar-refractivity contribution >= 4 is 32.5 Å². The number of hydrogen-bond donors (Lipinski definition) is 0. The van der Waals surface area contributed by atoms with Crippen LogP contribution in [0.15, 0.2) is 65.5 Å². The van der Waals surface area contributed by atoms with Crippen LogP contribution in [0.2, 0.25) is 0 Å². The summed E-state index contributed by atoms with van der Waals surface area (Å²) < 4.78 is 12.3. The Balaban J connectivity index is 1.72. The molecular formula is C22H17BrN4O4. The van der Waals surface area contributed by atoms with Gasteiger partial charge in [-0.15, -0.1) is 0 Å². The van der Waals surface area contributed by atoms with Crippen LogP contribution >= 0.6 is 15.9 Å². The fraction of sp³-hybridized carbons (Fsp3) is 0.136. The third-order valence-electron chi connectivity index (χ3n) is 4.59. The van der Waals surface area contributed by atoms with E-state index in [2.05, 4.69) is 44.7 Å². The van der Waals surface area contributed by atoms with Gasteiger partial charge in [0.05, 0.1) is 4.92 Å². The molecule has 0 atom stereocenters. The van der Waals surface area contributed by atoms with E-state index in [9.17, 15) is 10.1 Å². The molecule has 0 saturated carbocycles. The number of hydrogen-bond acceptors (Lipinski definition) is 7. The number of halogens is 1. The maximum atomic E-state index is 11.8. The first-order chi connectivity index (χ1) is 14.9. The van der Waals surface area contributed by atoms with E-state index in [0.29, 0.717) is 22.9 Å². The number of rotatable bonds is 6. The zero-order chi connectivity index (χ0) is 22.0. The number of aromatic nitrogens is 3. The molecule has 0 aliphatic heterocycles. The van der Waals surface area contributed by atoms with Gasteiger partial charge < -0.3 is 9.47 Å². The van der Waals surface area contributed by atoms with Gasteiger partial charge in [-0.2, -0.15) is 9.97 Å². The molecule has 0 radical (unpaired) electrons. The van der Waals surface area contributed by atoms with Crippen molar-refractivity contribution in [2.45, 2.75) is 19.8 Å². The van der Waals surface area contributed by atoms with E-state index in [-0.39, 0.29) is 11.8 Å². The topological polar surface area (TPSA) is 100 Å². The van der Waals surface area contributed by atoms with E-state index in [0.717, 1.165) is 21.7 Å². The van der Waals surface area contributed by atoms with Gasteiger partial charge in [-0.1, -0.05) is 48.0 Å². The SMILES string of the molecule is CC(C)c1ccc(Oc2ncnc(Oc3ccc(Br)c4cccnc34)c2[N+](=O)[O-])cc1. The molecule has 8 nitrogen and oxygen atoms in total. The molecule has 0 fully saturated rings. The molecule has 0 saturated heterocycles. The minimum absolute atomic E-state index is 0.207. The van der Waals surface area contributed by atoms with Crippen molar-refractivity contribution in [1.29, 1.82) is 0 Å². The van der Waals surface area contributed by atoms with Gasteiger partial charge in [-0.25, -0.2) is 0 Å². The Labute approximate surface area is 186 Å². The Bertz CT molecular complexity index is 1260. The molecule has 9 heteroatoms. The summed E-state index contributed by atoms with van der Waals surface area (Å²) in [4.78, 5) is 23.5. The van der Waals surface area contributed by atoms with Crippen LogP contribution in [0.4, 0.5) is 5.69 Å². The smallest absolute Gasteiger partial charge is 0.393 e. The van der Waals surface area contributed by atoms with E-state index < -0.39 is 10.6 Å². The zero-order valence-corrected chi connectivity index (χ0v) is 18.2. The van der Waals surface area contributed by atoms with Crippen molar-refractivity contribution in [3.05, 3.63) is 81.2 Å². The Morgan fingerprint density at radius 3 is 2.35 bits per heavy atom. The summed E-state index contributed by atoms with van der Waals surface area (Å²) in [5, 5.41) is 12.6. The normalized spacial score (nSPS) is 11.0. The van der Waals surface area contributed by atoms with Crippen LogP contribution in [0.25, 0.3) is 10.9 Å². The van der Waals surface area contributed by atoms with Crippen LogP contribution in [-0.2, 0) is 0 Å². The second-order valence-electron chi connectivity index (χ2n) is 6.96. The molecule has 4 aromatic rings. The molecule has 0 unspecified atom stereocenters.